The molecule has 6 aromatic rings. The summed E-state index contributed by atoms with van der Waals surface area (Å²) in [6, 6.07) is 34.8. The summed E-state index contributed by atoms with van der Waals surface area (Å²) in [5, 5.41) is 11.8. The molecule has 0 fully saturated rings. The maximum Gasteiger partial charge on any atom is 0.311 e. The van der Waals surface area contributed by atoms with Gasteiger partial charge in [-0.2, -0.15) is 5.26 Å². The van der Waals surface area contributed by atoms with E-state index in [1.807, 2.05) is 72.8 Å². The molecule has 0 atom stereocenters. The third-order valence-corrected chi connectivity index (χ3v) is 7.20. The van der Waals surface area contributed by atoms with Crippen LogP contribution in [0.2, 0.25) is 5.02 Å². The first-order valence-electron chi connectivity index (χ1n) is 13.0. The minimum absolute atomic E-state index is 0.273. The van der Waals surface area contributed by atoms with Crippen molar-refractivity contribution < 1.29 is 9.53 Å². The lowest BCUT2D eigenvalue weighted by Gasteiger charge is -2.08. The van der Waals surface area contributed by atoms with Crippen LogP contribution in [0.5, 0.6) is 5.75 Å². The Balaban J connectivity index is 1.16. The average Bonchev–Trinajstić information content (AvgIpc) is 3.35. The fourth-order valence-corrected chi connectivity index (χ4v) is 5.12. The van der Waals surface area contributed by atoms with Gasteiger partial charge in [0.05, 0.1) is 28.5 Å². The monoisotopic (exact) mass is 541 g/mol. The van der Waals surface area contributed by atoms with E-state index in [2.05, 4.69) is 17.1 Å². The first-order valence-corrected chi connectivity index (χ1v) is 13.4. The maximum atomic E-state index is 12.7. The van der Waals surface area contributed by atoms with Gasteiger partial charge < -0.3 is 9.72 Å². The highest BCUT2D eigenvalue weighted by Crippen LogP contribution is 2.33. The maximum absolute atomic E-state index is 12.7. The molecule has 0 saturated carbocycles. The number of nitriles is 1. The summed E-state index contributed by atoms with van der Waals surface area (Å²) in [6.07, 6.45) is 1.55. The number of pyridine rings is 1. The van der Waals surface area contributed by atoms with E-state index in [0.717, 1.165) is 49.9 Å². The second-order valence-corrected chi connectivity index (χ2v) is 10.0. The van der Waals surface area contributed by atoms with Crippen LogP contribution in [-0.2, 0) is 11.2 Å². The van der Waals surface area contributed by atoms with Crippen LogP contribution >= 0.6 is 11.6 Å². The Morgan fingerprint density at radius 1 is 0.900 bits per heavy atom. The third kappa shape index (κ3) is 5.31. The molecule has 0 amide bonds. The Kier molecular flexibility index (Phi) is 7.01. The van der Waals surface area contributed by atoms with Gasteiger partial charge >= 0.3 is 5.97 Å². The molecule has 4 aromatic carbocycles. The van der Waals surface area contributed by atoms with Crippen molar-refractivity contribution in [2.24, 2.45) is 0 Å². The number of aromatic amines is 1. The number of para-hydroxylation sites is 1. The van der Waals surface area contributed by atoms with Gasteiger partial charge in [-0.1, -0.05) is 60.1 Å². The van der Waals surface area contributed by atoms with Crippen molar-refractivity contribution in [1.82, 2.24) is 9.97 Å². The molecule has 194 valence electrons. The van der Waals surface area contributed by atoms with Crippen LogP contribution in [0, 0.1) is 11.3 Å². The van der Waals surface area contributed by atoms with Gasteiger partial charge in [-0.15, -0.1) is 0 Å². The van der Waals surface area contributed by atoms with E-state index in [4.69, 9.17) is 26.6 Å². The van der Waals surface area contributed by atoms with Gasteiger partial charge in [0.2, 0.25) is 0 Å². The third-order valence-electron chi connectivity index (χ3n) is 6.96. The summed E-state index contributed by atoms with van der Waals surface area (Å²) in [5.41, 5.74) is 7.38. The average molecular weight is 542 g/mol. The molecule has 0 saturated heterocycles. The second-order valence-electron chi connectivity index (χ2n) is 9.60. The number of hydrogen-bond donors (Lipinski definition) is 1. The van der Waals surface area contributed by atoms with Crippen molar-refractivity contribution in [3.05, 3.63) is 119 Å². The van der Waals surface area contributed by atoms with Crippen LogP contribution in [0.15, 0.2) is 103 Å². The number of ether oxygens (including phenoxy) is 1. The normalized spacial score (nSPS) is 11.0. The number of rotatable bonds is 7. The van der Waals surface area contributed by atoms with E-state index in [-0.39, 0.29) is 12.4 Å². The summed E-state index contributed by atoms with van der Waals surface area (Å²) in [5.74, 6) is 0.219. The topological polar surface area (TPSA) is 78.8 Å². The summed E-state index contributed by atoms with van der Waals surface area (Å²) < 4.78 is 5.61. The fourth-order valence-electron chi connectivity index (χ4n) is 4.95. The number of fused-ring (bicyclic) bond motifs is 2. The molecule has 0 aliphatic carbocycles. The number of aromatic nitrogens is 2. The van der Waals surface area contributed by atoms with E-state index < -0.39 is 0 Å². The number of H-pyrrole nitrogens is 1. The van der Waals surface area contributed by atoms with Gasteiger partial charge in [0, 0.05) is 27.7 Å². The van der Waals surface area contributed by atoms with Gasteiger partial charge in [-0.25, -0.2) is 4.98 Å². The van der Waals surface area contributed by atoms with Gasteiger partial charge in [0.1, 0.15) is 5.75 Å². The lowest BCUT2D eigenvalue weighted by molar-refractivity contribution is -0.134. The minimum atomic E-state index is -0.283. The molecule has 0 aliphatic heterocycles. The molecular weight excluding hydrogens is 518 g/mol. The van der Waals surface area contributed by atoms with Crippen molar-refractivity contribution in [3.8, 4) is 34.3 Å². The Hall–Kier alpha value is -4.92. The van der Waals surface area contributed by atoms with Crippen LogP contribution in [0.1, 0.15) is 24.0 Å². The molecule has 0 spiro atoms. The van der Waals surface area contributed by atoms with Gasteiger partial charge in [0.25, 0.3) is 0 Å². The Bertz CT molecular complexity index is 1880. The smallest absolute Gasteiger partial charge is 0.311 e. The zero-order valence-electron chi connectivity index (χ0n) is 21.5. The standard InChI is InChI=1S/C34H24ClN3O2/c35-26-15-19-31-29(20-26)28(34(38-31)32-18-14-25-4-1-2-6-30(25)37-32)5-3-7-33(39)40-27-16-12-24(13-17-27)23-10-8-22(21-36)9-11-23/h1-2,4,6,8-20,38H,3,5,7H2. The minimum Gasteiger partial charge on any atom is -0.427 e. The van der Waals surface area contributed by atoms with Crippen LogP contribution in [0.4, 0.5) is 0 Å². The lowest BCUT2D eigenvalue weighted by Crippen LogP contribution is -2.08. The first-order chi connectivity index (χ1) is 19.6. The Morgan fingerprint density at radius 2 is 1.65 bits per heavy atom. The molecule has 1 N–H and O–H groups in total. The fraction of sp³-hybridized carbons (Fsp3) is 0.0882. The number of hydrogen-bond acceptors (Lipinski definition) is 4. The van der Waals surface area contributed by atoms with Crippen molar-refractivity contribution in [1.29, 1.82) is 5.26 Å². The Labute approximate surface area is 236 Å². The molecular formula is C34H24ClN3O2. The predicted octanol–water partition coefficient (Wildman–Crippen LogP) is 8.50. The molecule has 2 heterocycles. The zero-order valence-corrected chi connectivity index (χ0v) is 22.3. The van der Waals surface area contributed by atoms with Gasteiger partial charge in [-0.3, -0.25) is 4.79 Å². The first kappa shape index (κ1) is 25.4. The van der Waals surface area contributed by atoms with Crippen LogP contribution in [0.25, 0.3) is 44.3 Å². The largest absolute Gasteiger partial charge is 0.427 e. The molecule has 0 radical (unpaired) electrons. The number of aryl methyl sites for hydroxylation is 1. The Morgan fingerprint density at radius 3 is 2.42 bits per heavy atom. The van der Waals surface area contributed by atoms with Crippen LogP contribution < -0.4 is 4.74 Å². The van der Waals surface area contributed by atoms with Gasteiger partial charge in [-0.05, 0) is 84.1 Å². The molecule has 0 unspecified atom stereocenters. The molecule has 40 heavy (non-hydrogen) atoms. The number of benzene rings is 4. The highest BCUT2D eigenvalue weighted by molar-refractivity contribution is 6.31. The number of carbonyl (C=O) groups is 1. The number of esters is 1. The van der Waals surface area contributed by atoms with E-state index >= 15 is 0 Å². The van der Waals surface area contributed by atoms with E-state index in [1.54, 1.807) is 24.3 Å². The second kappa shape index (κ2) is 11.1. The van der Waals surface area contributed by atoms with Crippen molar-refractivity contribution >= 4 is 39.4 Å². The zero-order chi connectivity index (χ0) is 27.5. The SMILES string of the molecule is N#Cc1ccc(-c2ccc(OC(=O)CCCc3c(-c4ccc5ccccc5n4)[nH]c4ccc(Cl)cc34)cc2)cc1. The van der Waals surface area contributed by atoms with E-state index in [9.17, 15) is 4.79 Å². The van der Waals surface area contributed by atoms with E-state index in [0.29, 0.717) is 29.2 Å². The van der Waals surface area contributed by atoms with E-state index in [1.165, 1.54) is 0 Å². The quantitative estimate of drug-likeness (QED) is 0.162. The van der Waals surface area contributed by atoms with Crippen molar-refractivity contribution in [2.75, 3.05) is 0 Å². The predicted molar refractivity (Wildman–Crippen MR) is 159 cm³/mol. The molecule has 2 aromatic heterocycles. The number of carbonyl (C=O) groups excluding carboxylic acids is 1. The van der Waals surface area contributed by atoms with Crippen molar-refractivity contribution in [2.45, 2.75) is 19.3 Å². The lowest BCUT2D eigenvalue weighted by atomic mass is 10.0. The number of nitrogens with one attached hydrogen (secondary N) is 1. The molecule has 0 bridgehead atoms. The number of nitrogens with zero attached hydrogens (tertiary/aromatic N) is 2. The summed E-state index contributed by atoms with van der Waals surface area (Å²) >= 11 is 6.35. The van der Waals surface area contributed by atoms with Crippen molar-refractivity contribution in [3.63, 3.8) is 0 Å². The highest BCUT2D eigenvalue weighted by Gasteiger charge is 2.16. The summed E-state index contributed by atoms with van der Waals surface area (Å²) in [6.45, 7) is 0. The number of halogens is 1. The highest BCUT2D eigenvalue weighted by atomic mass is 35.5. The van der Waals surface area contributed by atoms with Crippen LogP contribution in [-0.4, -0.2) is 15.9 Å². The molecule has 5 nitrogen and oxygen atoms in total. The molecule has 6 heteroatoms. The summed E-state index contributed by atoms with van der Waals surface area (Å²) in [4.78, 5) is 21.1. The van der Waals surface area contributed by atoms with Crippen LogP contribution in [0.3, 0.4) is 0 Å². The summed E-state index contributed by atoms with van der Waals surface area (Å²) in [7, 11) is 0. The van der Waals surface area contributed by atoms with Gasteiger partial charge in [0.15, 0.2) is 0 Å². The molecule has 6 rings (SSSR count). The molecule has 0 aliphatic rings.